The fourth-order valence-electron chi connectivity index (χ4n) is 1.27. The standard InChI is InChI=1S/C11H13ClN4O/c1-7(13)10-15-16-11(17-10)14-6-8-2-4-9(12)5-3-8/h2-5,7H,6,13H2,1H3,(H,14,16). The second-order valence-corrected chi connectivity index (χ2v) is 4.15. The zero-order valence-corrected chi connectivity index (χ0v) is 10.1. The quantitative estimate of drug-likeness (QED) is 0.874. The lowest BCUT2D eigenvalue weighted by Gasteiger charge is -2.01. The highest BCUT2D eigenvalue weighted by atomic mass is 35.5. The Kier molecular flexibility index (Phi) is 3.61. The van der Waals surface area contributed by atoms with Crippen molar-refractivity contribution in [3.8, 4) is 0 Å². The van der Waals surface area contributed by atoms with Gasteiger partial charge in [-0.15, -0.1) is 5.10 Å². The number of benzene rings is 1. The number of rotatable bonds is 4. The molecule has 5 nitrogen and oxygen atoms in total. The van der Waals surface area contributed by atoms with E-state index in [0.29, 0.717) is 23.5 Å². The van der Waals surface area contributed by atoms with Gasteiger partial charge in [-0.3, -0.25) is 0 Å². The molecule has 2 aromatic rings. The maximum atomic E-state index is 5.79. The molecule has 1 unspecified atom stereocenters. The van der Waals surface area contributed by atoms with E-state index in [1.807, 2.05) is 24.3 Å². The van der Waals surface area contributed by atoms with Gasteiger partial charge in [-0.05, 0) is 24.6 Å². The summed E-state index contributed by atoms with van der Waals surface area (Å²) < 4.78 is 5.31. The van der Waals surface area contributed by atoms with Gasteiger partial charge in [0.15, 0.2) is 0 Å². The Bertz CT molecular complexity index is 480. The highest BCUT2D eigenvalue weighted by Gasteiger charge is 2.09. The minimum absolute atomic E-state index is 0.256. The van der Waals surface area contributed by atoms with E-state index in [1.54, 1.807) is 6.92 Å². The second-order valence-electron chi connectivity index (χ2n) is 3.71. The highest BCUT2D eigenvalue weighted by molar-refractivity contribution is 6.30. The van der Waals surface area contributed by atoms with Crippen molar-refractivity contribution >= 4 is 17.6 Å². The van der Waals surface area contributed by atoms with Gasteiger partial charge in [-0.1, -0.05) is 28.8 Å². The Hall–Kier alpha value is -1.59. The molecule has 0 saturated carbocycles. The number of nitrogens with one attached hydrogen (secondary N) is 1. The van der Waals surface area contributed by atoms with Crippen molar-refractivity contribution in [2.75, 3.05) is 5.32 Å². The van der Waals surface area contributed by atoms with Crippen molar-refractivity contribution in [1.29, 1.82) is 0 Å². The van der Waals surface area contributed by atoms with Gasteiger partial charge >= 0.3 is 6.01 Å². The lowest BCUT2D eigenvalue weighted by atomic mass is 10.2. The van der Waals surface area contributed by atoms with Crippen LogP contribution in [0.15, 0.2) is 28.7 Å². The molecule has 17 heavy (non-hydrogen) atoms. The van der Waals surface area contributed by atoms with Crippen molar-refractivity contribution in [3.05, 3.63) is 40.7 Å². The Morgan fingerprint density at radius 2 is 2.06 bits per heavy atom. The molecule has 0 fully saturated rings. The predicted molar refractivity (Wildman–Crippen MR) is 65.7 cm³/mol. The van der Waals surface area contributed by atoms with E-state index in [4.69, 9.17) is 21.8 Å². The van der Waals surface area contributed by atoms with E-state index in [-0.39, 0.29) is 6.04 Å². The maximum absolute atomic E-state index is 5.79. The van der Waals surface area contributed by atoms with Crippen LogP contribution in [0.1, 0.15) is 24.4 Å². The molecule has 0 saturated heterocycles. The summed E-state index contributed by atoms with van der Waals surface area (Å²) in [7, 11) is 0. The molecule has 3 N–H and O–H groups in total. The fraction of sp³-hybridized carbons (Fsp3) is 0.273. The summed E-state index contributed by atoms with van der Waals surface area (Å²) in [5, 5.41) is 11.4. The summed E-state index contributed by atoms with van der Waals surface area (Å²) in [6.45, 7) is 2.38. The molecule has 6 heteroatoms. The van der Waals surface area contributed by atoms with Crippen molar-refractivity contribution in [2.24, 2.45) is 5.73 Å². The minimum Gasteiger partial charge on any atom is -0.406 e. The lowest BCUT2D eigenvalue weighted by Crippen LogP contribution is -2.04. The average Bonchev–Trinajstić information content (AvgIpc) is 2.77. The van der Waals surface area contributed by atoms with Crippen molar-refractivity contribution < 1.29 is 4.42 Å². The molecule has 1 aromatic heterocycles. The number of nitrogens with two attached hydrogens (primary N) is 1. The van der Waals surface area contributed by atoms with Crippen molar-refractivity contribution in [1.82, 2.24) is 10.2 Å². The van der Waals surface area contributed by atoms with Crippen LogP contribution in [-0.4, -0.2) is 10.2 Å². The summed E-state index contributed by atoms with van der Waals surface area (Å²) in [4.78, 5) is 0. The molecule has 90 valence electrons. The maximum Gasteiger partial charge on any atom is 0.315 e. The van der Waals surface area contributed by atoms with Crippen LogP contribution in [0.3, 0.4) is 0 Å². The van der Waals surface area contributed by atoms with Crippen LogP contribution in [0.4, 0.5) is 6.01 Å². The predicted octanol–water partition coefficient (Wildman–Crippen LogP) is 2.35. The van der Waals surface area contributed by atoms with Crippen LogP contribution in [0.5, 0.6) is 0 Å². The number of hydrogen-bond donors (Lipinski definition) is 2. The van der Waals surface area contributed by atoms with Gasteiger partial charge in [0.05, 0.1) is 6.04 Å². The van der Waals surface area contributed by atoms with Crippen LogP contribution in [-0.2, 0) is 6.54 Å². The molecule has 1 aromatic carbocycles. The van der Waals surface area contributed by atoms with E-state index in [1.165, 1.54) is 0 Å². The van der Waals surface area contributed by atoms with Crippen LogP contribution >= 0.6 is 11.6 Å². The molecule has 0 radical (unpaired) electrons. The number of hydrogen-bond acceptors (Lipinski definition) is 5. The third-order valence-electron chi connectivity index (χ3n) is 2.19. The summed E-state index contributed by atoms with van der Waals surface area (Å²) in [5.74, 6) is 0.420. The van der Waals surface area contributed by atoms with E-state index < -0.39 is 0 Å². The summed E-state index contributed by atoms with van der Waals surface area (Å²) in [6, 6.07) is 7.64. The molecule has 0 bridgehead atoms. The number of anilines is 1. The smallest absolute Gasteiger partial charge is 0.315 e. The molecule has 2 rings (SSSR count). The third-order valence-corrected chi connectivity index (χ3v) is 2.44. The van der Waals surface area contributed by atoms with E-state index >= 15 is 0 Å². The molecule has 0 amide bonds. The van der Waals surface area contributed by atoms with Gasteiger partial charge in [-0.2, -0.15) is 0 Å². The zero-order chi connectivity index (χ0) is 12.3. The molecule has 0 spiro atoms. The molecule has 0 aliphatic rings. The van der Waals surface area contributed by atoms with Gasteiger partial charge in [-0.25, -0.2) is 0 Å². The molecular weight excluding hydrogens is 240 g/mol. The lowest BCUT2D eigenvalue weighted by molar-refractivity contribution is 0.472. The molecule has 0 aliphatic carbocycles. The normalized spacial score (nSPS) is 12.4. The first-order valence-electron chi connectivity index (χ1n) is 5.22. The Balaban J connectivity index is 1.95. The Morgan fingerprint density at radius 3 is 2.65 bits per heavy atom. The van der Waals surface area contributed by atoms with E-state index in [9.17, 15) is 0 Å². The summed E-state index contributed by atoms with van der Waals surface area (Å²) in [5.41, 5.74) is 6.69. The number of nitrogens with zero attached hydrogens (tertiary/aromatic N) is 2. The molecule has 1 heterocycles. The third kappa shape index (κ3) is 3.18. The van der Waals surface area contributed by atoms with Gasteiger partial charge in [0.1, 0.15) is 0 Å². The minimum atomic E-state index is -0.256. The van der Waals surface area contributed by atoms with Crippen LogP contribution in [0.25, 0.3) is 0 Å². The number of aromatic nitrogens is 2. The number of halogens is 1. The van der Waals surface area contributed by atoms with Gasteiger partial charge in [0, 0.05) is 11.6 Å². The van der Waals surface area contributed by atoms with Crippen molar-refractivity contribution in [3.63, 3.8) is 0 Å². The second kappa shape index (κ2) is 5.16. The zero-order valence-electron chi connectivity index (χ0n) is 9.35. The van der Waals surface area contributed by atoms with Gasteiger partial charge in [0.25, 0.3) is 0 Å². The summed E-state index contributed by atoms with van der Waals surface area (Å²) >= 11 is 5.79. The van der Waals surface area contributed by atoms with Crippen LogP contribution in [0.2, 0.25) is 5.02 Å². The first kappa shape index (κ1) is 11.9. The van der Waals surface area contributed by atoms with Gasteiger partial charge in [0.2, 0.25) is 5.89 Å². The van der Waals surface area contributed by atoms with Crippen LogP contribution in [0, 0.1) is 0 Å². The molecule has 1 atom stereocenters. The van der Waals surface area contributed by atoms with Crippen molar-refractivity contribution in [2.45, 2.75) is 19.5 Å². The topological polar surface area (TPSA) is 77.0 Å². The first-order chi connectivity index (χ1) is 8.15. The average molecular weight is 253 g/mol. The highest BCUT2D eigenvalue weighted by Crippen LogP contribution is 2.13. The van der Waals surface area contributed by atoms with E-state index in [0.717, 1.165) is 5.56 Å². The largest absolute Gasteiger partial charge is 0.406 e. The van der Waals surface area contributed by atoms with Crippen LogP contribution < -0.4 is 11.1 Å². The van der Waals surface area contributed by atoms with E-state index in [2.05, 4.69) is 15.5 Å². The first-order valence-corrected chi connectivity index (χ1v) is 5.60. The SMILES string of the molecule is CC(N)c1nnc(NCc2ccc(Cl)cc2)o1. The summed E-state index contributed by atoms with van der Waals surface area (Å²) in [6.07, 6.45) is 0. The van der Waals surface area contributed by atoms with Gasteiger partial charge < -0.3 is 15.5 Å². The molecular formula is C11H13ClN4O. The Labute approximate surface area is 104 Å². The monoisotopic (exact) mass is 252 g/mol. The fourth-order valence-corrected chi connectivity index (χ4v) is 1.40. The molecule has 0 aliphatic heterocycles. The Morgan fingerprint density at radius 1 is 1.35 bits per heavy atom.